The first-order valence-electron chi connectivity index (χ1n) is 8.20. The molecule has 1 fully saturated rings. The topological polar surface area (TPSA) is 84.3 Å². The fraction of sp³-hybridized carbons (Fsp3) is 0.278. The second-order valence-electron chi connectivity index (χ2n) is 6.14. The summed E-state index contributed by atoms with van der Waals surface area (Å²) in [5, 5.41) is 10.9. The summed E-state index contributed by atoms with van der Waals surface area (Å²) in [5.41, 5.74) is 4.78. The Labute approximate surface area is 144 Å². The quantitative estimate of drug-likeness (QED) is 0.585. The number of anilines is 1. The number of fused-ring (bicyclic) bond motifs is 1. The summed E-state index contributed by atoms with van der Waals surface area (Å²) >= 11 is 0. The monoisotopic (exact) mass is 338 g/mol. The number of aryl methyl sites for hydroxylation is 1. The average Bonchev–Trinajstić information content (AvgIpc) is 3.06. The Morgan fingerprint density at radius 3 is 2.76 bits per heavy atom. The fourth-order valence-corrected chi connectivity index (χ4v) is 3.15. The Morgan fingerprint density at radius 2 is 2.00 bits per heavy atom. The van der Waals surface area contributed by atoms with Crippen molar-refractivity contribution < 1.29 is 9.66 Å². The van der Waals surface area contributed by atoms with E-state index in [0.29, 0.717) is 16.9 Å². The van der Waals surface area contributed by atoms with Crippen LogP contribution >= 0.6 is 0 Å². The number of imidazole rings is 1. The summed E-state index contributed by atoms with van der Waals surface area (Å²) in [4.78, 5) is 20.6. The number of non-ortho nitro benzene ring substituents is 1. The molecule has 1 N–H and O–H groups in total. The van der Waals surface area contributed by atoms with Crippen LogP contribution in [-0.2, 0) is 4.74 Å². The average molecular weight is 338 g/mol. The lowest BCUT2D eigenvalue weighted by atomic mass is 10.1. The van der Waals surface area contributed by atoms with Gasteiger partial charge in [0.05, 0.1) is 29.2 Å². The van der Waals surface area contributed by atoms with Gasteiger partial charge in [-0.25, -0.2) is 4.98 Å². The SMILES string of the molecule is Cc1ccc(-c2nc3ccc([N+](=O)[O-])cc3[nH]2)cc1N1CCOCC1. The number of hydrogen-bond donors (Lipinski definition) is 1. The third kappa shape index (κ3) is 2.94. The molecule has 4 rings (SSSR count). The molecule has 0 atom stereocenters. The lowest BCUT2D eigenvalue weighted by Crippen LogP contribution is -2.36. The van der Waals surface area contributed by atoms with E-state index in [1.54, 1.807) is 6.07 Å². The molecule has 0 saturated carbocycles. The molecule has 2 aromatic carbocycles. The maximum atomic E-state index is 10.9. The number of morpholine rings is 1. The standard InChI is InChI=1S/C18H18N4O3/c1-12-2-3-13(10-17(12)21-6-8-25-9-7-21)18-19-15-5-4-14(22(23)24)11-16(15)20-18/h2-5,10-11H,6-9H2,1H3,(H,19,20). The van der Waals surface area contributed by atoms with Crippen molar-refractivity contribution >= 4 is 22.4 Å². The highest BCUT2D eigenvalue weighted by Gasteiger charge is 2.16. The second-order valence-corrected chi connectivity index (χ2v) is 6.14. The van der Waals surface area contributed by atoms with E-state index in [1.807, 2.05) is 6.07 Å². The molecule has 0 aliphatic carbocycles. The van der Waals surface area contributed by atoms with E-state index in [2.05, 4.69) is 33.9 Å². The van der Waals surface area contributed by atoms with Crippen LogP contribution in [0.5, 0.6) is 0 Å². The molecule has 25 heavy (non-hydrogen) atoms. The molecule has 0 radical (unpaired) electrons. The van der Waals surface area contributed by atoms with Crippen LogP contribution in [0.1, 0.15) is 5.56 Å². The molecule has 3 aromatic rings. The smallest absolute Gasteiger partial charge is 0.271 e. The molecule has 0 bridgehead atoms. The Kier molecular flexibility index (Phi) is 3.85. The van der Waals surface area contributed by atoms with Crippen molar-refractivity contribution in [2.45, 2.75) is 6.92 Å². The van der Waals surface area contributed by atoms with Crippen LogP contribution in [0.2, 0.25) is 0 Å². The van der Waals surface area contributed by atoms with Crippen molar-refractivity contribution in [3.8, 4) is 11.4 Å². The summed E-state index contributed by atoms with van der Waals surface area (Å²) in [6, 6.07) is 10.9. The number of nitrogens with one attached hydrogen (secondary N) is 1. The lowest BCUT2D eigenvalue weighted by molar-refractivity contribution is -0.384. The predicted molar refractivity (Wildman–Crippen MR) is 96.0 cm³/mol. The lowest BCUT2D eigenvalue weighted by Gasteiger charge is -2.30. The van der Waals surface area contributed by atoms with Gasteiger partial charge in [-0.15, -0.1) is 0 Å². The van der Waals surface area contributed by atoms with Gasteiger partial charge in [0, 0.05) is 36.5 Å². The van der Waals surface area contributed by atoms with Gasteiger partial charge < -0.3 is 14.6 Å². The first kappa shape index (κ1) is 15.6. The Balaban J connectivity index is 1.73. The highest BCUT2D eigenvalue weighted by molar-refractivity contribution is 5.82. The van der Waals surface area contributed by atoms with Gasteiger partial charge in [0.1, 0.15) is 5.82 Å². The summed E-state index contributed by atoms with van der Waals surface area (Å²) in [7, 11) is 0. The summed E-state index contributed by atoms with van der Waals surface area (Å²) in [6.45, 7) is 5.31. The van der Waals surface area contributed by atoms with Gasteiger partial charge in [-0.3, -0.25) is 10.1 Å². The van der Waals surface area contributed by atoms with Gasteiger partial charge in [-0.1, -0.05) is 12.1 Å². The van der Waals surface area contributed by atoms with Gasteiger partial charge in [0.25, 0.3) is 5.69 Å². The molecule has 0 amide bonds. The third-order valence-electron chi connectivity index (χ3n) is 4.51. The number of nitro benzene ring substituents is 1. The van der Waals surface area contributed by atoms with E-state index in [4.69, 9.17) is 4.74 Å². The number of nitrogens with zero attached hydrogens (tertiary/aromatic N) is 3. The summed E-state index contributed by atoms with van der Waals surface area (Å²) < 4.78 is 5.43. The second kappa shape index (κ2) is 6.18. The van der Waals surface area contributed by atoms with Crippen molar-refractivity contribution in [1.82, 2.24) is 9.97 Å². The third-order valence-corrected chi connectivity index (χ3v) is 4.51. The highest BCUT2D eigenvalue weighted by Crippen LogP contribution is 2.29. The molecule has 1 aliphatic rings. The molecule has 7 heteroatoms. The van der Waals surface area contributed by atoms with E-state index < -0.39 is 4.92 Å². The van der Waals surface area contributed by atoms with Crippen molar-refractivity contribution in [2.75, 3.05) is 31.2 Å². The van der Waals surface area contributed by atoms with E-state index in [9.17, 15) is 10.1 Å². The zero-order valence-electron chi connectivity index (χ0n) is 13.9. The van der Waals surface area contributed by atoms with Crippen molar-refractivity contribution in [1.29, 1.82) is 0 Å². The van der Waals surface area contributed by atoms with Crippen molar-refractivity contribution in [2.24, 2.45) is 0 Å². The maximum absolute atomic E-state index is 10.9. The van der Waals surface area contributed by atoms with Crippen LogP contribution in [0.25, 0.3) is 22.4 Å². The molecule has 0 spiro atoms. The summed E-state index contributed by atoms with van der Waals surface area (Å²) in [6.07, 6.45) is 0. The van der Waals surface area contributed by atoms with Gasteiger partial charge in [0.2, 0.25) is 0 Å². The fourth-order valence-electron chi connectivity index (χ4n) is 3.15. The van der Waals surface area contributed by atoms with E-state index in [0.717, 1.165) is 31.9 Å². The van der Waals surface area contributed by atoms with Gasteiger partial charge in [-0.2, -0.15) is 0 Å². The van der Waals surface area contributed by atoms with E-state index >= 15 is 0 Å². The van der Waals surface area contributed by atoms with Crippen LogP contribution in [0.3, 0.4) is 0 Å². The van der Waals surface area contributed by atoms with Crippen molar-refractivity contribution in [3.05, 3.63) is 52.1 Å². The Morgan fingerprint density at radius 1 is 1.20 bits per heavy atom. The van der Waals surface area contributed by atoms with Crippen LogP contribution < -0.4 is 4.90 Å². The minimum Gasteiger partial charge on any atom is -0.378 e. The molecule has 1 aromatic heterocycles. The van der Waals surface area contributed by atoms with E-state index in [1.165, 1.54) is 23.4 Å². The number of aromatic amines is 1. The summed E-state index contributed by atoms with van der Waals surface area (Å²) in [5.74, 6) is 0.713. The van der Waals surface area contributed by atoms with E-state index in [-0.39, 0.29) is 5.69 Å². The molecule has 1 aliphatic heterocycles. The van der Waals surface area contributed by atoms with Crippen LogP contribution in [-0.4, -0.2) is 41.2 Å². The first-order chi connectivity index (χ1) is 12.1. The van der Waals surface area contributed by atoms with Crippen molar-refractivity contribution in [3.63, 3.8) is 0 Å². The number of hydrogen-bond acceptors (Lipinski definition) is 5. The van der Waals surface area contributed by atoms with Crippen LogP contribution in [0.15, 0.2) is 36.4 Å². The molecule has 1 saturated heterocycles. The Hall–Kier alpha value is -2.93. The van der Waals surface area contributed by atoms with Gasteiger partial charge in [0.15, 0.2) is 0 Å². The predicted octanol–water partition coefficient (Wildman–Crippen LogP) is 3.28. The number of aromatic nitrogens is 2. The first-order valence-corrected chi connectivity index (χ1v) is 8.20. The molecule has 0 unspecified atom stereocenters. The van der Waals surface area contributed by atoms with Gasteiger partial charge in [-0.05, 0) is 24.6 Å². The molecule has 7 nitrogen and oxygen atoms in total. The van der Waals surface area contributed by atoms with Gasteiger partial charge >= 0.3 is 0 Å². The number of rotatable bonds is 3. The Bertz CT molecular complexity index is 945. The minimum absolute atomic E-state index is 0.0561. The van der Waals surface area contributed by atoms with Crippen LogP contribution in [0, 0.1) is 17.0 Å². The number of H-pyrrole nitrogens is 1. The zero-order chi connectivity index (χ0) is 17.4. The molecule has 128 valence electrons. The van der Waals surface area contributed by atoms with Crippen LogP contribution in [0.4, 0.5) is 11.4 Å². The largest absolute Gasteiger partial charge is 0.378 e. The number of benzene rings is 2. The minimum atomic E-state index is -0.400. The maximum Gasteiger partial charge on any atom is 0.271 e. The zero-order valence-corrected chi connectivity index (χ0v) is 13.9. The molecule has 2 heterocycles. The number of ether oxygens (including phenoxy) is 1. The normalized spacial score (nSPS) is 14.8. The number of nitro groups is 1. The molecular formula is C18H18N4O3. The highest BCUT2D eigenvalue weighted by atomic mass is 16.6. The molecular weight excluding hydrogens is 320 g/mol.